The van der Waals surface area contributed by atoms with Crippen LogP contribution in [0.25, 0.3) is 0 Å². The third-order valence-corrected chi connectivity index (χ3v) is 0.351. The summed E-state index contributed by atoms with van der Waals surface area (Å²) in [6.45, 7) is 3.21. The second-order valence-electron chi connectivity index (χ2n) is 0.713. The fourth-order valence-corrected chi connectivity index (χ4v) is 0.176. The van der Waals surface area contributed by atoms with Gasteiger partial charge in [-0.05, 0) is 6.08 Å². The summed E-state index contributed by atoms with van der Waals surface area (Å²) >= 11 is 4.30. The first-order chi connectivity index (χ1) is 2.77. The molecule has 1 N–H and O–H groups in total. The number of hydrogen-bond donors (Lipinski definition) is 1. The van der Waals surface area contributed by atoms with Gasteiger partial charge < -0.3 is 18.0 Å². The molecule has 0 fully saturated rings. The maximum absolute atomic E-state index is 6.55. The zero-order valence-corrected chi connectivity index (χ0v) is 5.01. The maximum Gasteiger partial charge on any atom is 1.00 e. The Morgan fingerprint density at radius 3 is 2.29 bits per heavy atom. The molecule has 3 heteroatoms. The Kier molecular flexibility index (Phi) is 8.66. The van der Waals surface area contributed by atoms with E-state index in [-0.39, 0.29) is 23.9 Å². The largest absolute Gasteiger partial charge is 1.00 e. The van der Waals surface area contributed by atoms with Gasteiger partial charge in [0.15, 0.2) is 0 Å². The molecule has 1 nitrogen and oxygen atoms in total. The molecule has 0 amide bonds. The van der Waals surface area contributed by atoms with Crippen molar-refractivity contribution in [2.75, 3.05) is 0 Å². The van der Waals surface area contributed by atoms with Crippen molar-refractivity contribution in [1.82, 2.24) is 0 Å². The van der Waals surface area contributed by atoms with Crippen molar-refractivity contribution >= 4 is 17.7 Å². The monoisotopic (exact) mass is 105 g/mol. The Balaban J connectivity index is 0. The molecule has 0 spiro atoms. The summed E-state index contributed by atoms with van der Waals surface area (Å²) < 4.78 is 0. The van der Waals surface area contributed by atoms with Crippen molar-refractivity contribution in [2.45, 2.75) is 0 Å². The molecular weight excluding hydrogens is 101 g/mol. The van der Waals surface area contributed by atoms with Crippen molar-refractivity contribution in [3.63, 3.8) is 0 Å². The van der Waals surface area contributed by atoms with Gasteiger partial charge in [-0.25, -0.2) is 0 Å². The molecule has 0 aliphatic carbocycles. The molecule has 0 bridgehead atoms. The Bertz CT molecular complexity index is 104. The van der Waals surface area contributed by atoms with Crippen molar-refractivity contribution < 1.29 is 18.9 Å². The molecule has 0 saturated heterocycles. The van der Waals surface area contributed by atoms with Crippen LogP contribution in [-0.2, 0) is 12.6 Å². The second-order valence-corrected chi connectivity index (χ2v) is 1.15. The first-order valence-electron chi connectivity index (χ1n) is 1.39. The van der Waals surface area contributed by atoms with E-state index in [4.69, 9.17) is 5.41 Å². The molecule has 7 heavy (non-hydrogen) atoms. The van der Waals surface area contributed by atoms with Crippen molar-refractivity contribution in [3.8, 4) is 0 Å². The normalized spacial score (nSPS) is 5.14. The summed E-state index contributed by atoms with van der Waals surface area (Å²) in [6, 6.07) is 0. The summed E-state index contributed by atoms with van der Waals surface area (Å²) in [7, 11) is 0. The van der Waals surface area contributed by atoms with E-state index in [0.29, 0.717) is 0 Å². The summed E-state index contributed by atoms with van der Waals surface area (Å²) in [6.07, 6.45) is 1.33. The quantitative estimate of drug-likeness (QED) is 0.133. The standard InChI is InChI=1S/C4H5NS.Li/c1-2-3-4(5)6;/h3H,1H2,(H2,5,6);/q;+1/p-1. The molecule has 0 saturated carbocycles. The van der Waals surface area contributed by atoms with E-state index in [9.17, 15) is 0 Å². The van der Waals surface area contributed by atoms with Gasteiger partial charge in [0.1, 0.15) is 0 Å². The van der Waals surface area contributed by atoms with E-state index in [1.807, 2.05) is 0 Å². The van der Waals surface area contributed by atoms with Crippen LogP contribution < -0.4 is 18.9 Å². The molecule has 0 heterocycles. The zero-order chi connectivity index (χ0) is 4.99. The van der Waals surface area contributed by atoms with Gasteiger partial charge in [-0.2, -0.15) is 0 Å². The minimum absolute atomic E-state index is 0. The van der Waals surface area contributed by atoms with Crippen LogP contribution in [0, 0.1) is 5.41 Å². The molecule has 0 aromatic carbocycles. The van der Waals surface area contributed by atoms with Crippen molar-refractivity contribution in [1.29, 1.82) is 5.41 Å². The van der Waals surface area contributed by atoms with Crippen molar-refractivity contribution in [3.05, 3.63) is 18.4 Å². The van der Waals surface area contributed by atoms with Crippen LogP contribution in [0.5, 0.6) is 0 Å². The molecule has 0 aromatic heterocycles. The fourth-order valence-electron chi connectivity index (χ4n) is 0.0927. The van der Waals surface area contributed by atoms with E-state index < -0.39 is 0 Å². The molecule has 0 aliphatic rings. The third-order valence-electron chi connectivity index (χ3n) is 0.233. The molecule has 0 radical (unpaired) electrons. The van der Waals surface area contributed by atoms with Crippen LogP contribution in [-0.4, -0.2) is 5.04 Å². The van der Waals surface area contributed by atoms with Crippen LogP contribution in [0.4, 0.5) is 0 Å². The SMILES string of the molecule is C=C=CC(=N)[S-].[Li+]. The summed E-state index contributed by atoms with van der Waals surface area (Å²) in [5, 5.41) is 6.63. The molecule has 0 atom stereocenters. The van der Waals surface area contributed by atoms with E-state index in [1.54, 1.807) is 0 Å². The summed E-state index contributed by atoms with van der Waals surface area (Å²) in [5.74, 6) is 0. The van der Waals surface area contributed by atoms with Crippen LogP contribution in [0.15, 0.2) is 18.4 Å². The Morgan fingerprint density at radius 1 is 1.86 bits per heavy atom. The number of rotatable bonds is 1. The molecule has 0 aromatic rings. The maximum atomic E-state index is 6.55. The van der Waals surface area contributed by atoms with Gasteiger partial charge in [0.25, 0.3) is 0 Å². The first kappa shape index (κ1) is 10.1. The molecule has 32 valence electrons. The molecular formula is C4H4LiNS. The Hall–Kier alpha value is 0.00740. The predicted octanol–water partition coefficient (Wildman–Crippen LogP) is -2.14. The average molecular weight is 105 g/mol. The molecule has 0 rings (SSSR count). The summed E-state index contributed by atoms with van der Waals surface area (Å²) in [4.78, 5) is 0. The smallest absolute Gasteiger partial charge is 0.760 e. The fraction of sp³-hybridized carbons (Fsp3) is 0. The van der Waals surface area contributed by atoms with Gasteiger partial charge in [-0.15, -0.1) is 5.73 Å². The second kappa shape index (κ2) is 6.01. The zero-order valence-electron chi connectivity index (χ0n) is 4.19. The van der Waals surface area contributed by atoms with Gasteiger partial charge in [0, 0.05) is 0 Å². The minimum Gasteiger partial charge on any atom is -0.760 e. The average Bonchev–Trinajstić information content (AvgIpc) is 1.35. The Morgan fingerprint density at radius 2 is 2.29 bits per heavy atom. The van der Waals surface area contributed by atoms with Gasteiger partial charge in [-0.3, -0.25) is 0 Å². The van der Waals surface area contributed by atoms with Crippen LogP contribution >= 0.6 is 0 Å². The molecule has 0 aliphatic heterocycles. The molecule has 0 unspecified atom stereocenters. The third kappa shape index (κ3) is 10.7. The predicted molar refractivity (Wildman–Crippen MR) is 28.8 cm³/mol. The summed E-state index contributed by atoms with van der Waals surface area (Å²) in [5.41, 5.74) is 2.36. The minimum atomic E-state index is 0. The van der Waals surface area contributed by atoms with Crippen LogP contribution in [0.1, 0.15) is 0 Å². The van der Waals surface area contributed by atoms with Crippen LogP contribution in [0.3, 0.4) is 0 Å². The van der Waals surface area contributed by atoms with E-state index in [0.717, 1.165) is 0 Å². The van der Waals surface area contributed by atoms with E-state index in [2.05, 4.69) is 24.9 Å². The van der Waals surface area contributed by atoms with Gasteiger partial charge in [0.2, 0.25) is 0 Å². The first-order valence-corrected chi connectivity index (χ1v) is 1.79. The number of nitrogens with one attached hydrogen (secondary N) is 1. The van der Waals surface area contributed by atoms with Gasteiger partial charge in [0.05, 0.1) is 0 Å². The van der Waals surface area contributed by atoms with E-state index in [1.165, 1.54) is 6.08 Å². The van der Waals surface area contributed by atoms with Crippen molar-refractivity contribution in [2.24, 2.45) is 0 Å². The van der Waals surface area contributed by atoms with E-state index >= 15 is 0 Å². The van der Waals surface area contributed by atoms with Gasteiger partial charge in [-0.1, -0.05) is 11.6 Å². The van der Waals surface area contributed by atoms with Crippen LogP contribution in [0.2, 0.25) is 0 Å². The number of hydrogen-bond acceptors (Lipinski definition) is 2. The topological polar surface area (TPSA) is 23.9 Å². The van der Waals surface area contributed by atoms with Gasteiger partial charge >= 0.3 is 18.9 Å². The Labute approximate surface area is 60.6 Å².